The quantitative estimate of drug-likeness (QED) is 0.537. The number of rotatable bonds is 4. The standard InChI is InChI=1S/C23H27ClN6O3/c1-27-19-12-17(24)14-26-21(19)30(23(32)22(27)31)18-4-6-29(7-5-18)20-3-2-16(13-25-20)15-28-8-10-33-11-9-28/h2-3,12-14,18H,4-11,15H2,1H3. The van der Waals surface area contributed by atoms with Crippen LogP contribution in [0.15, 0.2) is 40.2 Å². The van der Waals surface area contributed by atoms with Gasteiger partial charge in [-0.1, -0.05) is 17.7 Å². The highest BCUT2D eigenvalue weighted by Crippen LogP contribution is 2.27. The van der Waals surface area contributed by atoms with E-state index in [0.717, 1.165) is 64.6 Å². The lowest BCUT2D eigenvalue weighted by Crippen LogP contribution is -2.45. The average Bonchev–Trinajstić information content (AvgIpc) is 2.85. The lowest BCUT2D eigenvalue weighted by atomic mass is 10.0. The van der Waals surface area contributed by atoms with Crippen molar-refractivity contribution in [3.8, 4) is 0 Å². The molecule has 0 saturated carbocycles. The third-order valence-corrected chi connectivity index (χ3v) is 6.79. The highest BCUT2D eigenvalue weighted by atomic mass is 35.5. The molecule has 2 aliphatic rings. The SMILES string of the molecule is Cn1c(=O)c(=O)n(C2CCN(c3ccc(CN4CCOCC4)cn3)CC2)c2ncc(Cl)cc21. The molecule has 0 N–H and O–H groups in total. The van der Waals surface area contributed by atoms with Crippen LogP contribution in [0.5, 0.6) is 0 Å². The topological polar surface area (TPSA) is 85.5 Å². The van der Waals surface area contributed by atoms with Gasteiger partial charge in [-0.2, -0.15) is 0 Å². The number of nitrogens with zero attached hydrogens (tertiary/aromatic N) is 6. The second-order valence-electron chi connectivity index (χ2n) is 8.67. The molecule has 3 aromatic rings. The molecule has 0 aromatic carbocycles. The molecule has 5 rings (SSSR count). The van der Waals surface area contributed by atoms with Crippen LogP contribution in [0, 0.1) is 0 Å². The molecule has 174 valence electrons. The normalized spacial score (nSPS) is 18.2. The van der Waals surface area contributed by atoms with Crippen LogP contribution < -0.4 is 16.0 Å². The number of morpholine rings is 1. The smallest absolute Gasteiger partial charge is 0.318 e. The Morgan fingerprint density at radius 1 is 1.03 bits per heavy atom. The summed E-state index contributed by atoms with van der Waals surface area (Å²) < 4.78 is 8.30. The predicted molar refractivity (Wildman–Crippen MR) is 127 cm³/mol. The van der Waals surface area contributed by atoms with E-state index in [1.54, 1.807) is 17.7 Å². The zero-order valence-electron chi connectivity index (χ0n) is 18.6. The van der Waals surface area contributed by atoms with Crippen LogP contribution in [0.3, 0.4) is 0 Å². The van der Waals surface area contributed by atoms with Gasteiger partial charge < -0.3 is 14.2 Å². The number of aryl methyl sites for hydroxylation is 1. The lowest BCUT2D eigenvalue weighted by molar-refractivity contribution is 0.0341. The van der Waals surface area contributed by atoms with Gasteiger partial charge in [-0.25, -0.2) is 9.97 Å². The van der Waals surface area contributed by atoms with Crippen molar-refractivity contribution in [1.82, 2.24) is 24.0 Å². The number of ether oxygens (including phenoxy) is 1. The Balaban J connectivity index is 1.31. The molecule has 0 atom stereocenters. The Morgan fingerprint density at radius 2 is 1.79 bits per heavy atom. The number of fused-ring (bicyclic) bond motifs is 1. The van der Waals surface area contributed by atoms with Crippen molar-refractivity contribution in [2.24, 2.45) is 7.05 Å². The zero-order valence-corrected chi connectivity index (χ0v) is 19.4. The minimum Gasteiger partial charge on any atom is -0.379 e. The number of aromatic nitrogens is 4. The van der Waals surface area contributed by atoms with Crippen LogP contribution in [0.1, 0.15) is 24.4 Å². The van der Waals surface area contributed by atoms with Crippen LogP contribution in [0.2, 0.25) is 5.02 Å². The molecule has 2 saturated heterocycles. The Bertz CT molecular complexity index is 1260. The van der Waals surface area contributed by atoms with E-state index in [1.165, 1.54) is 16.3 Å². The summed E-state index contributed by atoms with van der Waals surface area (Å²) in [5.41, 5.74) is 1.15. The zero-order chi connectivity index (χ0) is 22.9. The first-order valence-electron chi connectivity index (χ1n) is 11.3. The number of piperidine rings is 1. The Labute approximate surface area is 196 Å². The molecule has 5 heterocycles. The predicted octanol–water partition coefficient (Wildman–Crippen LogP) is 1.82. The monoisotopic (exact) mass is 470 g/mol. The van der Waals surface area contributed by atoms with Crippen LogP contribution in [0.4, 0.5) is 5.82 Å². The summed E-state index contributed by atoms with van der Waals surface area (Å²) in [6.45, 7) is 5.85. The minimum absolute atomic E-state index is 0.0978. The molecular weight excluding hydrogens is 444 g/mol. The van der Waals surface area contributed by atoms with Gasteiger partial charge in [0.25, 0.3) is 0 Å². The summed E-state index contributed by atoms with van der Waals surface area (Å²) in [6, 6.07) is 5.79. The van der Waals surface area contributed by atoms with Gasteiger partial charge in [0.05, 0.1) is 23.8 Å². The van der Waals surface area contributed by atoms with E-state index < -0.39 is 11.1 Å². The highest BCUT2D eigenvalue weighted by molar-refractivity contribution is 6.31. The molecule has 10 heteroatoms. The van der Waals surface area contributed by atoms with Gasteiger partial charge in [-0.05, 0) is 30.5 Å². The lowest BCUT2D eigenvalue weighted by Gasteiger charge is -2.34. The van der Waals surface area contributed by atoms with Crippen LogP contribution >= 0.6 is 11.6 Å². The van der Waals surface area contributed by atoms with Gasteiger partial charge in [0.15, 0.2) is 5.65 Å². The van der Waals surface area contributed by atoms with Crippen LogP contribution in [-0.2, 0) is 18.3 Å². The number of halogens is 1. The molecule has 0 amide bonds. The number of anilines is 1. The number of pyridine rings is 2. The Morgan fingerprint density at radius 3 is 2.48 bits per heavy atom. The maximum atomic E-state index is 12.9. The number of hydrogen-bond donors (Lipinski definition) is 0. The fourth-order valence-electron chi connectivity index (χ4n) is 4.71. The minimum atomic E-state index is -0.563. The van der Waals surface area contributed by atoms with Crippen molar-refractivity contribution < 1.29 is 4.74 Å². The summed E-state index contributed by atoms with van der Waals surface area (Å²) in [5, 5.41) is 0.431. The average molecular weight is 471 g/mol. The first-order valence-corrected chi connectivity index (χ1v) is 11.7. The molecule has 33 heavy (non-hydrogen) atoms. The van der Waals surface area contributed by atoms with E-state index >= 15 is 0 Å². The Kier molecular flexibility index (Phi) is 6.18. The van der Waals surface area contributed by atoms with Crippen LogP contribution in [-0.4, -0.2) is 63.4 Å². The van der Waals surface area contributed by atoms with Crippen molar-refractivity contribution in [2.45, 2.75) is 25.4 Å². The highest BCUT2D eigenvalue weighted by Gasteiger charge is 2.26. The van der Waals surface area contributed by atoms with E-state index in [2.05, 4.69) is 31.9 Å². The van der Waals surface area contributed by atoms with E-state index in [9.17, 15) is 9.59 Å². The molecule has 3 aromatic heterocycles. The molecule has 9 nitrogen and oxygen atoms in total. The van der Waals surface area contributed by atoms with Crippen molar-refractivity contribution in [3.05, 3.63) is 61.9 Å². The van der Waals surface area contributed by atoms with Gasteiger partial charge in [-0.15, -0.1) is 0 Å². The summed E-state index contributed by atoms with van der Waals surface area (Å²) in [5.74, 6) is 0.935. The van der Waals surface area contributed by atoms with Gasteiger partial charge in [0.1, 0.15) is 5.82 Å². The van der Waals surface area contributed by atoms with Gasteiger partial charge in [0, 0.05) is 58.2 Å². The maximum absolute atomic E-state index is 12.9. The first kappa shape index (κ1) is 22.1. The third-order valence-electron chi connectivity index (χ3n) is 6.58. The molecule has 0 bridgehead atoms. The third kappa shape index (κ3) is 4.40. The van der Waals surface area contributed by atoms with Gasteiger partial charge in [0.2, 0.25) is 0 Å². The summed E-state index contributed by atoms with van der Waals surface area (Å²) in [4.78, 5) is 39.1. The van der Waals surface area contributed by atoms with E-state index in [-0.39, 0.29) is 6.04 Å². The summed E-state index contributed by atoms with van der Waals surface area (Å²) in [6.07, 6.45) is 4.92. The molecular formula is C23H27ClN6O3. The van der Waals surface area contributed by atoms with Crippen molar-refractivity contribution in [2.75, 3.05) is 44.3 Å². The van der Waals surface area contributed by atoms with E-state index in [4.69, 9.17) is 16.3 Å². The fraction of sp³-hybridized carbons (Fsp3) is 0.478. The molecule has 2 fully saturated rings. The second kappa shape index (κ2) is 9.24. The van der Waals surface area contributed by atoms with Gasteiger partial charge in [-0.3, -0.25) is 19.1 Å². The Hall–Kier alpha value is -2.75. The number of hydrogen-bond acceptors (Lipinski definition) is 7. The molecule has 0 radical (unpaired) electrons. The first-order chi connectivity index (χ1) is 16.0. The molecule has 0 spiro atoms. The van der Waals surface area contributed by atoms with E-state index in [1.807, 2.05) is 6.20 Å². The molecule has 0 unspecified atom stereocenters. The summed E-state index contributed by atoms with van der Waals surface area (Å²) in [7, 11) is 1.57. The van der Waals surface area contributed by atoms with Crippen LogP contribution in [0.25, 0.3) is 11.2 Å². The second-order valence-corrected chi connectivity index (χ2v) is 9.10. The van der Waals surface area contributed by atoms with Crippen molar-refractivity contribution in [1.29, 1.82) is 0 Å². The molecule has 0 aliphatic carbocycles. The maximum Gasteiger partial charge on any atom is 0.318 e. The van der Waals surface area contributed by atoms with Crippen molar-refractivity contribution in [3.63, 3.8) is 0 Å². The van der Waals surface area contributed by atoms with Crippen molar-refractivity contribution >= 4 is 28.6 Å². The largest absolute Gasteiger partial charge is 0.379 e. The summed E-state index contributed by atoms with van der Waals surface area (Å²) >= 11 is 6.09. The van der Waals surface area contributed by atoms with Gasteiger partial charge >= 0.3 is 11.1 Å². The van der Waals surface area contributed by atoms with E-state index in [0.29, 0.717) is 16.2 Å². The fourth-order valence-corrected chi connectivity index (χ4v) is 4.86. The molecule has 2 aliphatic heterocycles.